The fourth-order valence-corrected chi connectivity index (χ4v) is 1.82. The Kier molecular flexibility index (Phi) is 5.79. The van der Waals surface area contributed by atoms with E-state index < -0.39 is 40.4 Å². The van der Waals surface area contributed by atoms with E-state index in [1.807, 2.05) is 5.92 Å². The van der Waals surface area contributed by atoms with E-state index in [1.54, 1.807) is 0 Å². The molecule has 0 aromatic heterocycles. The Morgan fingerprint density at radius 2 is 1.62 bits per heavy atom. The van der Waals surface area contributed by atoms with Crippen LogP contribution in [0.15, 0.2) is 0 Å². The lowest BCUT2D eigenvalue weighted by Crippen LogP contribution is -2.11. The van der Waals surface area contributed by atoms with E-state index in [9.17, 15) is 27.2 Å². The van der Waals surface area contributed by atoms with Gasteiger partial charge in [0.25, 0.3) is 0 Å². The number of thioether (sulfide) groups is 1. The lowest BCUT2D eigenvalue weighted by Gasteiger charge is -2.05. The van der Waals surface area contributed by atoms with Crippen molar-refractivity contribution in [3.63, 3.8) is 0 Å². The first-order valence-electron chi connectivity index (χ1n) is 5.48. The Hall–Kier alpha value is -2.01. The summed E-state index contributed by atoms with van der Waals surface area (Å²) in [6.07, 6.45) is 0.0625. The van der Waals surface area contributed by atoms with Crippen LogP contribution in [0.3, 0.4) is 0 Å². The van der Waals surface area contributed by atoms with Crippen molar-refractivity contribution in [3.05, 3.63) is 34.4 Å². The predicted octanol–water partition coefficient (Wildman–Crippen LogP) is 2.96. The van der Waals surface area contributed by atoms with Gasteiger partial charge < -0.3 is 5.11 Å². The molecule has 0 fully saturated rings. The summed E-state index contributed by atoms with van der Waals surface area (Å²) >= 11 is 0.933. The SMILES string of the molecule is CC(=O)SCCC#Cc1c(F)c(F)c(C(=O)O)c(F)c1F. The minimum atomic E-state index is -2.12. The van der Waals surface area contributed by atoms with Gasteiger partial charge in [-0.15, -0.1) is 0 Å². The first kappa shape index (κ1) is 17.0. The van der Waals surface area contributed by atoms with E-state index >= 15 is 0 Å². The van der Waals surface area contributed by atoms with Crippen LogP contribution < -0.4 is 0 Å². The first-order valence-corrected chi connectivity index (χ1v) is 6.47. The van der Waals surface area contributed by atoms with E-state index in [0.29, 0.717) is 0 Å². The van der Waals surface area contributed by atoms with Crippen LogP contribution in [0.25, 0.3) is 0 Å². The molecule has 0 saturated heterocycles. The average Bonchev–Trinajstić information content (AvgIpc) is 2.39. The van der Waals surface area contributed by atoms with Crippen LogP contribution in [-0.2, 0) is 4.79 Å². The van der Waals surface area contributed by atoms with Gasteiger partial charge in [-0.3, -0.25) is 4.79 Å². The predicted molar refractivity (Wildman–Crippen MR) is 67.9 cm³/mol. The van der Waals surface area contributed by atoms with E-state index in [1.165, 1.54) is 6.92 Å². The van der Waals surface area contributed by atoms with E-state index in [-0.39, 0.29) is 17.3 Å². The Bertz CT molecular complexity index is 633. The number of hydrogen-bond donors (Lipinski definition) is 1. The van der Waals surface area contributed by atoms with Gasteiger partial charge in [-0.05, 0) is 0 Å². The van der Waals surface area contributed by atoms with Gasteiger partial charge in [0.1, 0.15) is 11.1 Å². The molecule has 0 aliphatic rings. The molecular formula is C13H8F4O3S. The third kappa shape index (κ3) is 3.98. The number of carboxylic acids is 1. The maximum absolute atomic E-state index is 13.5. The number of rotatable bonds is 3. The molecule has 0 spiro atoms. The maximum Gasteiger partial charge on any atom is 0.341 e. The number of hydrogen-bond acceptors (Lipinski definition) is 3. The second kappa shape index (κ2) is 7.13. The summed E-state index contributed by atoms with van der Waals surface area (Å²) in [6.45, 7) is 1.33. The summed E-state index contributed by atoms with van der Waals surface area (Å²) in [5.74, 6) is -5.45. The van der Waals surface area contributed by atoms with Crippen LogP contribution in [0.1, 0.15) is 29.3 Å². The molecule has 0 saturated carbocycles. The molecule has 8 heteroatoms. The molecule has 0 heterocycles. The van der Waals surface area contributed by atoms with E-state index in [2.05, 4.69) is 5.92 Å². The van der Waals surface area contributed by atoms with Gasteiger partial charge in [0, 0.05) is 19.1 Å². The zero-order valence-corrected chi connectivity index (χ0v) is 11.4. The zero-order valence-electron chi connectivity index (χ0n) is 10.6. The van der Waals surface area contributed by atoms with Crippen molar-refractivity contribution in [2.75, 3.05) is 5.75 Å². The van der Waals surface area contributed by atoms with Crippen molar-refractivity contribution in [2.24, 2.45) is 0 Å². The molecule has 0 atom stereocenters. The van der Waals surface area contributed by atoms with Crippen molar-refractivity contribution < 1.29 is 32.3 Å². The Morgan fingerprint density at radius 1 is 1.10 bits per heavy atom. The summed E-state index contributed by atoms with van der Waals surface area (Å²) in [5.41, 5.74) is -2.88. The monoisotopic (exact) mass is 320 g/mol. The van der Waals surface area contributed by atoms with Crippen molar-refractivity contribution in [2.45, 2.75) is 13.3 Å². The van der Waals surface area contributed by atoms with Crippen molar-refractivity contribution in [1.82, 2.24) is 0 Å². The molecule has 112 valence electrons. The van der Waals surface area contributed by atoms with Crippen molar-refractivity contribution in [3.8, 4) is 11.8 Å². The molecule has 0 bridgehead atoms. The lowest BCUT2D eigenvalue weighted by molar-refractivity contribution is -0.109. The zero-order chi connectivity index (χ0) is 16.2. The molecule has 0 aliphatic carbocycles. The van der Waals surface area contributed by atoms with Gasteiger partial charge >= 0.3 is 5.97 Å². The summed E-state index contributed by atoms with van der Waals surface area (Å²) in [4.78, 5) is 21.2. The molecule has 1 N–H and O–H groups in total. The fraction of sp³-hybridized carbons (Fsp3) is 0.231. The van der Waals surface area contributed by atoms with Crippen molar-refractivity contribution in [1.29, 1.82) is 0 Å². The smallest absolute Gasteiger partial charge is 0.341 e. The topological polar surface area (TPSA) is 54.4 Å². The molecule has 0 aliphatic heterocycles. The van der Waals surface area contributed by atoms with Crippen LogP contribution in [-0.4, -0.2) is 21.9 Å². The van der Waals surface area contributed by atoms with Crippen LogP contribution in [0, 0.1) is 35.1 Å². The number of carbonyl (C=O) groups excluding carboxylic acids is 1. The molecular weight excluding hydrogens is 312 g/mol. The van der Waals surface area contributed by atoms with Crippen LogP contribution in [0.4, 0.5) is 17.6 Å². The van der Waals surface area contributed by atoms with E-state index in [0.717, 1.165) is 11.8 Å². The van der Waals surface area contributed by atoms with Gasteiger partial charge in [-0.2, -0.15) is 0 Å². The Morgan fingerprint density at radius 3 is 2.05 bits per heavy atom. The van der Waals surface area contributed by atoms with Gasteiger partial charge in [-0.1, -0.05) is 23.6 Å². The third-order valence-corrected chi connectivity index (χ3v) is 3.04. The minimum absolute atomic E-state index is 0.0625. The number of aromatic carboxylic acids is 1. The number of carboxylic acid groups (broad SMARTS) is 1. The van der Waals surface area contributed by atoms with Crippen molar-refractivity contribution >= 4 is 22.8 Å². The Labute approximate surface area is 121 Å². The highest BCUT2D eigenvalue weighted by Crippen LogP contribution is 2.23. The highest BCUT2D eigenvalue weighted by molar-refractivity contribution is 8.13. The minimum Gasteiger partial charge on any atom is -0.477 e. The standard InChI is InChI=1S/C13H8F4O3S/c1-6(18)21-5-3-2-4-7-9(14)11(16)8(13(19)20)12(17)10(7)15/h3,5H2,1H3,(H,19,20). The average molecular weight is 320 g/mol. The molecule has 1 aromatic carbocycles. The Balaban J connectivity index is 3.13. The summed E-state index contributed by atoms with van der Waals surface area (Å²) in [6, 6.07) is 0. The quantitative estimate of drug-likeness (QED) is 0.403. The molecule has 21 heavy (non-hydrogen) atoms. The lowest BCUT2D eigenvalue weighted by atomic mass is 10.1. The third-order valence-electron chi connectivity index (χ3n) is 2.22. The molecule has 1 rings (SSSR count). The maximum atomic E-state index is 13.5. The fourth-order valence-electron chi connectivity index (χ4n) is 1.33. The first-order chi connectivity index (χ1) is 9.77. The second-order valence-electron chi connectivity index (χ2n) is 3.70. The normalized spacial score (nSPS) is 9.95. The number of carbonyl (C=O) groups is 2. The van der Waals surface area contributed by atoms with Gasteiger partial charge in [0.05, 0.1) is 0 Å². The molecule has 0 amide bonds. The van der Waals surface area contributed by atoms with E-state index in [4.69, 9.17) is 5.11 Å². The molecule has 3 nitrogen and oxygen atoms in total. The molecule has 1 aromatic rings. The molecule has 0 radical (unpaired) electrons. The highest BCUT2D eigenvalue weighted by Gasteiger charge is 2.28. The largest absolute Gasteiger partial charge is 0.477 e. The van der Waals surface area contributed by atoms with Gasteiger partial charge in [-0.25, -0.2) is 22.4 Å². The second-order valence-corrected chi connectivity index (χ2v) is 4.97. The summed E-state index contributed by atoms with van der Waals surface area (Å²) in [5, 5.41) is 8.33. The molecule has 0 unspecified atom stereocenters. The summed E-state index contributed by atoms with van der Waals surface area (Å²) < 4.78 is 53.7. The summed E-state index contributed by atoms with van der Waals surface area (Å²) in [7, 11) is 0. The van der Waals surface area contributed by atoms with Gasteiger partial charge in [0.15, 0.2) is 28.4 Å². The highest BCUT2D eigenvalue weighted by atomic mass is 32.2. The van der Waals surface area contributed by atoms with Crippen LogP contribution >= 0.6 is 11.8 Å². The van der Waals surface area contributed by atoms with Crippen LogP contribution in [0.2, 0.25) is 0 Å². The van der Waals surface area contributed by atoms with Crippen LogP contribution in [0.5, 0.6) is 0 Å². The number of halogens is 4. The number of benzene rings is 1. The van der Waals surface area contributed by atoms with Gasteiger partial charge in [0.2, 0.25) is 0 Å².